The summed E-state index contributed by atoms with van der Waals surface area (Å²) in [6, 6.07) is 0. The number of halogens is 3. The molecule has 2 heterocycles. The molecule has 26 heavy (non-hydrogen) atoms. The van der Waals surface area contributed by atoms with Crippen LogP contribution in [0.4, 0.5) is 19.0 Å². The van der Waals surface area contributed by atoms with Gasteiger partial charge < -0.3 is 26.0 Å². The number of alkyl halides is 3. The van der Waals surface area contributed by atoms with Crippen molar-refractivity contribution in [1.82, 2.24) is 14.9 Å². The summed E-state index contributed by atoms with van der Waals surface area (Å²) in [4.78, 5) is 26.3. The SMILES string of the molecule is Nc1nc(=O)n([C@@H]2O[C@H](CO)C[C@@H]2O)cc1CCCNC(=O)C(F)(F)F. The second-order valence-electron chi connectivity index (χ2n) is 5.83. The first-order chi connectivity index (χ1) is 12.1. The molecule has 146 valence electrons. The number of nitrogens with zero attached hydrogens (tertiary/aromatic N) is 2. The van der Waals surface area contributed by atoms with E-state index in [0.29, 0.717) is 5.56 Å². The molecule has 1 amide bonds. The molecule has 1 saturated heterocycles. The lowest BCUT2D eigenvalue weighted by molar-refractivity contribution is -0.173. The Labute approximate surface area is 145 Å². The van der Waals surface area contributed by atoms with E-state index in [1.54, 1.807) is 5.32 Å². The monoisotopic (exact) mass is 380 g/mol. The molecule has 0 aliphatic carbocycles. The molecule has 2 rings (SSSR count). The van der Waals surface area contributed by atoms with Gasteiger partial charge in [0.15, 0.2) is 6.23 Å². The number of aromatic nitrogens is 2. The highest BCUT2D eigenvalue weighted by molar-refractivity contribution is 5.81. The number of nitrogen functional groups attached to an aromatic ring is 1. The molecule has 3 atom stereocenters. The van der Waals surface area contributed by atoms with E-state index in [4.69, 9.17) is 15.6 Å². The summed E-state index contributed by atoms with van der Waals surface area (Å²) >= 11 is 0. The van der Waals surface area contributed by atoms with Crippen molar-refractivity contribution in [1.29, 1.82) is 0 Å². The van der Waals surface area contributed by atoms with Gasteiger partial charge in [-0.25, -0.2) is 4.79 Å². The Kier molecular flexibility index (Phi) is 6.21. The Balaban J connectivity index is 2.04. The van der Waals surface area contributed by atoms with Crippen LogP contribution in [0.25, 0.3) is 0 Å². The van der Waals surface area contributed by atoms with Gasteiger partial charge >= 0.3 is 17.8 Å². The molecule has 1 aromatic heterocycles. The largest absolute Gasteiger partial charge is 0.471 e. The van der Waals surface area contributed by atoms with E-state index in [0.717, 1.165) is 4.57 Å². The van der Waals surface area contributed by atoms with Crippen LogP contribution in [0.3, 0.4) is 0 Å². The molecule has 0 saturated carbocycles. The number of nitrogens with two attached hydrogens (primary N) is 1. The van der Waals surface area contributed by atoms with Crippen LogP contribution in [0, 0.1) is 0 Å². The molecule has 1 fully saturated rings. The van der Waals surface area contributed by atoms with Gasteiger partial charge in [0, 0.05) is 24.7 Å². The second-order valence-corrected chi connectivity index (χ2v) is 5.83. The average Bonchev–Trinajstić information content (AvgIpc) is 2.93. The highest BCUT2D eigenvalue weighted by Gasteiger charge is 2.38. The van der Waals surface area contributed by atoms with Gasteiger partial charge in [0.25, 0.3) is 0 Å². The van der Waals surface area contributed by atoms with Crippen LogP contribution in [0.2, 0.25) is 0 Å². The van der Waals surface area contributed by atoms with E-state index in [-0.39, 0.29) is 38.2 Å². The third kappa shape index (κ3) is 4.71. The van der Waals surface area contributed by atoms with Crippen LogP contribution in [0.5, 0.6) is 0 Å². The van der Waals surface area contributed by atoms with Crippen molar-refractivity contribution < 1.29 is 32.9 Å². The number of hydrogen-bond acceptors (Lipinski definition) is 7. The quantitative estimate of drug-likeness (QED) is 0.468. The maximum Gasteiger partial charge on any atom is 0.471 e. The van der Waals surface area contributed by atoms with E-state index < -0.39 is 36.2 Å². The lowest BCUT2D eigenvalue weighted by Gasteiger charge is -2.18. The predicted molar refractivity (Wildman–Crippen MR) is 81.9 cm³/mol. The fourth-order valence-electron chi connectivity index (χ4n) is 2.58. The highest BCUT2D eigenvalue weighted by atomic mass is 19.4. The Hall–Kier alpha value is -2.18. The van der Waals surface area contributed by atoms with Crippen molar-refractivity contribution >= 4 is 11.7 Å². The molecular formula is C14H19F3N4O5. The van der Waals surface area contributed by atoms with Crippen LogP contribution < -0.4 is 16.7 Å². The fraction of sp³-hybridized carbons (Fsp3) is 0.643. The summed E-state index contributed by atoms with van der Waals surface area (Å²) in [6.45, 7) is -0.567. The number of anilines is 1. The van der Waals surface area contributed by atoms with Crippen molar-refractivity contribution in [3.05, 3.63) is 22.2 Å². The van der Waals surface area contributed by atoms with Gasteiger partial charge in [-0.15, -0.1) is 0 Å². The molecule has 9 nitrogen and oxygen atoms in total. The van der Waals surface area contributed by atoms with Crippen LogP contribution in [0.15, 0.2) is 11.0 Å². The number of nitrogens with one attached hydrogen (secondary N) is 1. The van der Waals surface area contributed by atoms with Gasteiger partial charge in [-0.1, -0.05) is 0 Å². The number of rotatable bonds is 6. The zero-order valence-electron chi connectivity index (χ0n) is 13.6. The van der Waals surface area contributed by atoms with Gasteiger partial charge in [0.2, 0.25) is 0 Å². The number of hydrogen-bond donors (Lipinski definition) is 4. The third-order valence-electron chi connectivity index (χ3n) is 3.87. The molecule has 12 heteroatoms. The lowest BCUT2D eigenvalue weighted by atomic mass is 10.1. The number of ether oxygens (including phenoxy) is 1. The second kappa shape index (κ2) is 8.01. The van der Waals surface area contributed by atoms with Gasteiger partial charge in [0.05, 0.1) is 12.7 Å². The van der Waals surface area contributed by atoms with Crippen molar-refractivity contribution in [2.24, 2.45) is 0 Å². The van der Waals surface area contributed by atoms with E-state index in [1.165, 1.54) is 6.20 Å². The van der Waals surface area contributed by atoms with Crippen LogP contribution >= 0.6 is 0 Å². The molecule has 0 spiro atoms. The summed E-state index contributed by atoms with van der Waals surface area (Å²) in [5, 5.41) is 20.8. The van der Waals surface area contributed by atoms with E-state index in [1.807, 2.05) is 0 Å². The van der Waals surface area contributed by atoms with Crippen molar-refractivity contribution in [2.45, 2.75) is 43.9 Å². The molecule has 1 aromatic rings. The Morgan fingerprint density at radius 2 is 2.19 bits per heavy atom. The molecule has 1 aliphatic rings. The Morgan fingerprint density at radius 3 is 2.77 bits per heavy atom. The first kappa shape index (κ1) is 20.1. The summed E-state index contributed by atoms with van der Waals surface area (Å²) in [7, 11) is 0. The maximum absolute atomic E-state index is 12.1. The number of carbonyl (C=O) groups excluding carboxylic acids is 1. The van der Waals surface area contributed by atoms with Crippen molar-refractivity contribution in [3.8, 4) is 0 Å². The Morgan fingerprint density at radius 1 is 1.50 bits per heavy atom. The molecule has 1 aliphatic heterocycles. The first-order valence-electron chi connectivity index (χ1n) is 7.80. The molecule has 0 aromatic carbocycles. The van der Waals surface area contributed by atoms with Crippen molar-refractivity contribution in [3.63, 3.8) is 0 Å². The predicted octanol–water partition coefficient (Wildman–Crippen LogP) is -0.923. The summed E-state index contributed by atoms with van der Waals surface area (Å²) in [6.07, 6.45) is -5.94. The van der Waals surface area contributed by atoms with Gasteiger partial charge in [-0.3, -0.25) is 9.36 Å². The minimum Gasteiger partial charge on any atom is -0.394 e. The minimum absolute atomic E-state index is 0.0976. The average molecular weight is 380 g/mol. The summed E-state index contributed by atoms with van der Waals surface area (Å²) in [5.41, 5.74) is 5.24. The Bertz CT molecular complexity index is 709. The summed E-state index contributed by atoms with van der Waals surface area (Å²) < 4.78 is 42.7. The van der Waals surface area contributed by atoms with Gasteiger partial charge in [0.1, 0.15) is 11.9 Å². The smallest absolute Gasteiger partial charge is 0.394 e. The number of aliphatic hydroxyl groups excluding tert-OH is 2. The van der Waals surface area contributed by atoms with E-state index in [2.05, 4.69) is 4.98 Å². The highest BCUT2D eigenvalue weighted by Crippen LogP contribution is 2.28. The summed E-state index contributed by atoms with van der Waals surface area (Å²) in [5.74, 6) is -2.13. The zero-order valence-corrected chi connectivity index (χ0v) is 13.6. The normalized spacial score (nSPS) is 23.2. The van der Waals surface area contributed by atoms with E-state index in [9.17, 15) is 27.9 Å². The topological polar surface area (TPSA) is 140 Å². The number of aryl methyl sites for hydroxylation is 1. The number of amides is 1. The van der Waals surface area contributed by atoms with Gasteiger partial charge in [-0.05, 0) is 12.8 Å². The number of aliphatic hydroxyl groups is 2. The maximum atomic E-state index is 12.1. The molecular weight excluding hydrogens is 361 g/mol. The lowest BCUT2D eigenvalue weighted by Crippen LogP contribution is -2.37. The van der Waals surface area contributed by atoms with E-state index >= 15 is 0 Å². The first-order valence-corrected chi connectivity index (χ1v) is 7.80. The molecule has 0 radical (unpaired) electrons. The standard InChI is InChI=1S/C14H19F3N4O5/c15-14(16,17)12(24)19-3-1-2-7-5-21(13(25)20-10(7)18)11-9(23)4-8(6-22)26-11/h5,8-9,11,22-23H,1-4,6H2,(H,19,24)(H2,18,20,25)/t8-,9-,11+/m0/s1. The minimum atomic E-state index is -4.95. The van der Waals surface area contributed by atoms with Crippen LogP contribution in [-0.4, -0.2) is 57.2 Å². The molecule has 0 bridgehead atoms. The van der Waals surface area contributed by atoms with Crippen LogP contribution in [-0.2, 0) is 16.0 Å². The molecule has 0 unspecified atom stereocenters. The zero-order chi connectivity index (χ0) is 19.5. The van der Waals surface area contributed by atoms with Crippen molar-refractivity contribution in [2.75, 3.05) is 18.9 Å². The third-order valence-corrected chi connectivity index (χ3v) is 3.87. The van der Waals surface area contributed by atoms with Gasteiger partial charge in [-0.2, -0.15) is 18.2 Å². The fourth-order valence-corrected chi connectivity index (χ4v) is 2.58. The van der Waals surface area contributed by atoms with Crippen LogP contribution in [0.1, 0.15) is 24.6 Å². The number of carbonyl (C=O) groups is 1. The molecule has 5 N–H and O–H groups in total.